The van der Waals surface area contributed by atoms with Gasteiger partial charge in [-0.3, -0.25) is 0 Å². The summed E-state index contributed by atoms with van der Waals surface area (Å²) in [7, 11) is -3.47. The first-order valence-electron chi connectivity index (χ1n) is 9.39. The number of aryl methyl sites for hydroxylation is 1. The van der Waals surface area contributed by atoms with Gasteiger partial charge < -0.3 is 9.64 Å². The van der Waals surface area contributed by atoms with Gasteiger partial charge in [0.2, 0.25) is 0 Å². The second kappa shape index (κ2) is 7.64. The molecule has 0 radical (unpaired) electrons. The predicted octanol–water partition coefficient (Wildman–Crippen LogP) is 1.11. The Kier molecular flexibility index (Phi) is 5.21. The first-order valence-corrected chi connectivity index (χ1v) is 10.8. The lowest BCUT2D eigenvalue weighted by Gasteiger charge is -2.38. The third-order valence-corrected chi connectivity index (χ3v) is 7.44. The first kappa shape index (κ1) is 19.1. The number of hydrogen-bond acceptors (Lipinski definition) is 6. The summed E-state index contributed by atoms with van der Waals surface area (Å²) in [6.45, 7) is 5.35. The molecule has 1 aromatic heterocycles. The van der Waals surface area contributed by atoms with Gasteiger partial charge in [-0.2, -0.15) is 22.3 Å². The Morgan fingerprint density at radius 3 is 2.36 bits per heavy atom. The highest BCUT2D eigenvalue weighted by atomic mass is 32.2. The number of hydrogen-bond donors (Lipinski definition) is 0. The Morgan fingerprint density at radius 2 is 1.68 bits per heavy atom. The molecule has 2 aliphatic heterocycles. The molecule has 9 heteroatoms. The van der Waals surface area contributed by atoms with Crippen LogP contribution in [0.15, 0.2) is 24.3 Å². The molecule has 2 aliphatic rings. The molecule has 4 rings (SSSR count). The van der Waals surface area contributed by atoms with Gasteiger partial charge in [0.25, 0.3) is 10.2 Å². The Labute approximate surface area is 165 Å². The fourth-order valence-corrected chi connectivity index (χ4v) is 5.36. The molecule has 0 atom stereocenters. The van der Waals surface area contributed by atoms with E-state index in [2.05, 4.69) is 6.07 Å². The van der Waals surface area contributed by atoms with E-state index in [1.54, 1.807) is 0 Å². The molecule has 2 aromatic rings. The largest absolute Gasteiger partial charge is 0.379 e. The van der Waals surface area contributed by atoms with Crippen LogP contribution < -0.4 is 4.90 Å². The SMILES string of the molecule is Cc1c(C#N)c(N2CCN(S(=O)(=O)N3CCOCC3)CC2)nc2ccccc12. The molecule has 2 saturated heterocycles. The van der Waals surface area contributed by atoms with Crippen LogP contribution in [0.2, 0.25) is 0 Å². The van der Waals surface area contributed by atoms with Crippen LogP contribution in [-0.2, 0) is 14.9 Å². The molecule has 3 heterocycles. The summed E-state index contributed by atoms with van der Waals surface area (Å²) in [6, 6.07) is 10.1. The van der Waals surface area contributed by atoms with Crippen LogP contribution in [0.3, 0.4) is 0 Å². The normalized spacial score (nSPS) is 19.6. The number of pyridine rings is 1. The minimum Gasteiger partial charge on any atom is -0.379 e. The Morgan fingerprint density at radius 1 is 1.04 bits per heavy atom. The number of ether oxygens (including phenoxy) is 1. The van der Waals surface area contributed by atoms with E-state index in [0.717, 1.165) is 16.5 Å². The highest BCUT2D eigenvalue weighted by molar-refractivity contribution is 7.86. The molecule has 148 valence electrons. The molecule has 1 aromatic carbocycles. The summed E-state index contributed by atoms with van der Waals surface area (Å²) < 4.78 is 34.0. The van der Waals surface area contributed by atoms with Crippen molar-refractivity contribution < 1.29 is 13.2 Å². The Balaban J connectivity index is 1.56. The lowest BCUT2D eigenvalue weighted by atomic mass is 10.0. The van der Waals surface area contributed by atoms with Gasteiger partial charge in [-0.05, 0) is 18.6 Å². The summed E-state index contributed by atoms with van der Waals surface area (Å²) in [4.78, 5) is 6.73. The molecule has 0 amide bonds. The molecule has 2 fully saturated rings. The van der Waals surface area contributed by atoms with Crippen LogP contribution in [0.5, 0.6) is 0 Å². The van der Waals surface area contributed by atoms with Gasteiger partial charge in [-0.25, -0.2) is 4.98 Å². The smallest absolute Gasteiger partial charge is 0.282 e. The van der Waals surface area contributed by atoms with Gasteiger partial charge >= 0.3 is 0 Å². The molecular weight excluding hydrogens is 378 g/mol. The number of nitrogens with zero attached hydrogens (tertiary/aromatic N) is 5. The number of para-hydroxylation sites is 1. The quantitative estimate of drug-likeness (QED) is 0.766. The van der Waals surface area contributed by atoms with Crippen molar-refractivity contribution in [3.63, 3.8) is 0 Å². The summed E-state index contributed by atoms with van der Waals surface area (Å²) >= 11 is 0. The number of fused-ring (bicyclic) bond motifs is 1. The minimum absolute atomic E-state index is 0.373. The van der Waals surface area contributed by atoms with Crippen LogP contribution in [0.1, 0.15) is 11.1 Å². The van der Waals surface area contributed by atoms with Crippen LogP contribution in [-0.4, -0.2) is 74.5 Å². The molecular formula is C19H23N5O3S. The molecule has 0 saturated carbocycles. The van der Waals surface area contributed by atoms with E-state index in [9.17, 15) is 13.7 Å². The molecule has 0 spiro atoms. The number of anilines is 1. The highest BCUT2D eigenvalue weighted by Crippen LogP contribution is 2.29. The van der Waals surface area contributed by atoms with Crippen molar-refractivity contribution >= 4 is 26.9 Å². The van der Waals surface area contributed by atoms with Crippen molar-refractivity contribution in [1.82, 2.24) is 13.6 Å². The Hall–Kier alpha value is -2.25. The topological polar surface area (TPSA) is 89.8 Å². The fourth-order valence-electron chi connectivity index (χ4n) is 3.79. The summed E-state index contributed by atoms with van der Waals surface area (Å²) in [5.41, 5.74) is 2.31. The third-order valence-electron chi connectivity index (χ3n) is 5.41. The van der Waals surface area contributed by atoms with E-state index >= 15 is 0 Å². The summed E-state index contributed by atoms with van der Waals surface area (Å²) in [5, 5.41) is 10.7. The first-order chi connectivity index (χ1) is 13.5. The van der Waals surface area contributed by atoms with Crippen LogP contribution in [0.4, 0.5) is 5.82 Å². The van der Waals surface area contributed by atoms with E-state index in [0.29, 0.717) is 63.9 Å². The van der Waals surface area contributed by atoms with E-state index < -0.39 is 10.2 Å². The fraction of sp³-hybridized carbons (Fsp3) is 0.474. The van der Waals surface area contributed by atoms with Crippen LogP contribution in [0, 0.1) is 18.3 Å². The number of morpholine rings is 1. The summed E-state index contributed by atoms with van der Waals surface area (Å²) in [6.07, 6.45) is 0. The number of rotatable bonds is 3. The molecule has 0 bridgehead atoms. The Bertz CT molecular complexity index is 1020. The van der Waals surface area contributed by atoms with Crippen molar-refractivity contribution in [3.05, 3.63) is 35.4 Å². The van der Waals surface area contributed by atoms with E-state index in [-0.39, 0.29) is 0 Å². The monoisotopic (exact) mass is 401 g/mol. The maximum absolute atomic E-state index is 12.8. The average molecular weight is 401 g/mol. The zero-order chi connectivity index (χ0) is 19.7. The highest BCUT2D eigenvalue weighted by Gasteiger charge is 2.34. The van der Waals surface area contributed by atoms with Crippen LogP contribution in [0.25, 0.3) is 10.9 Å². The standard InChI is InChI=1S/C19H23N5O3S/c1-15-16-4-2-3-5-18(16)21-19(17(15)14-20)22-6-8-23(9-7-22)28(25,26)24-10-12-27-13-11-24/h2-5H,6-13H2,1H3. The molecule has 0 unspecified atom stereocenters. The van der Waals surface area contributed by atoms with E-state index in [4.69, 9.17) is 9.72 Å². The van der Waals surface area contributed by atoms with Crippen molar-refractivity contribution in [1.29, 1.82) is 5.26 Å². The van der Waals surface area contributed by atoms with Crippen molar-refractivity contribution in [2.75, 3.05) is 57.4 Å². The second-order valence-electron chi connectivity index (χ2n) is 6.97. The third kappa shape index (κ3) is 3.33. The number of benzene rings is 1. The minimum atomic E-state index is -3.47. The maximum atomic E-state index is 12.8. The van der Waals surface area contributed by atoms with Crippen molar-refractivity contribution in [2.24, 2.45) is 0 Å². The molecule has 28 heavy (non-hydrogen) atoms. The zero-order valence-electron chi connectivity index (χ0n) is 15.8. The maximum Gasteiger partial charge on any atom is 0.282 e. The van der Waals surface area contributed by atoms with E-state index in [1.807, 2.05) is 36.1 Å². The molecule has 8 nitrogen and oxygen atoms in total. The van der Waals surface area contributed by atoms with Gasteiger partial charge in [0.15, 0.2) is 0 Å². The van der Waals surface area contributed by atoms with Gasteiger partial charge in [-0.1, -0.05) is 18.2 Å². The van der Waals surface area contributed by atoms with Gasteiger partial charge in [-0.15, -0.1) is 0 Å². The van der Waals surface area contributed by atoms with Gasteiger partial charge in [0.1, 0.15) is 11.9 Å². The van der Waals surface area contributed by atoms with Crippen LogP contribution >= 0.6 is 0 Å². The lowest BCUT2D eigenvalue weighted by molar-refractivity contribution is 0.0700. The van der Waals surface area contributed by atoms with Crippen molar-refractivity contribution in [2.45, 2.75) is 6.92 Å². The molecule has 0 N–H and O–H groups in total. The number of piperazine rings is 1. The van der Waals surface area contributed by atoms with Crippen molar-refractivity contribution in [3.8, 4) is 6.07 Å². The van der Waals surface area contributed by atoms with Gasteiger partial charge in [0, 0.05) is 44.7 Å². The predicted molar refractivity (Wildman–Crippen MR) is 106 cm³/mol. The lowest BCUT2D eigenvalue weighted by Crippen LogP contribution is -2.55. The summed E-state index contributed by atoms with van der Waals surface area (Å²) in [5.74, 6) is 0.641. The number of nitriles is 1. The molecule has 0 aliphatic carbocycles. The number of aromatic nitrogens is 1. The van der Waals surface area contributed by atoms with E-state index in [1.165, 1.54) is 8.61 Å². The second-order valence-corrected chi connectivity index (χ2v) is 8.90. The average Bonchev–Trinajstić information content (AvgIpc) is 2.74. The van der Waals surface area contributed by atoms with Gasteiger partial charge in [0.05, 0.1) is 24.3 Å². The zero-order valence-corrected chi connectivity index (χ0v) is 16.7.